The third-order valence-electron chi connectivity index (χ3n) is 2.63. The van der Waals surface area contributed by atoms with Crippen LogP contribution in [0.2, 0.25) is 0 Å². The minimum atomic E-state index is -0.277. The maximum atomic E-state index is 8.63. The summed E-state index contributed by atoms with van der Waals surface area (Å²) in [6, 6.07) is 7.79. The molecule has 1 atom stereocenters. The summed E-state index contributed by atoms with van der Waals surface area (Å²) >= 11 is 0. The van der Waals surface area contributed by atoms with Crippen LogP contribution < -0.4 is 10.5 Å². The standard InChI is InChI=1S/C13H18N2O/c1-9(2)10-4-5-11(12(15)6-7-14)13(8-10)16-3/h4-5,8-9,12H,6,15H2,1-3H3. The van der Waals surface area contributed by atoms with Crippen molar-refractivity contribution in [3.63, 3.8) is 0 Å². The van der Waals surface area contributed by atoms with E-state index in [9.17, 15) is 0 Å². The van der Waals surface area contributed by atoms with Crippen molar-refractivity contribution in [2.45, 2.75) is 32.2 Å². The van der Waals surface area contributed by atoms with E-state index in [1.807, 2.05) is 18.2 Å². The lowest BCUT2D eigenvalue weighted by Crippen LogP contribution is -2.11. The van der Waals surface area contributed by atoms with E-state index < -0.39 is 0 Å². The first-order chi connectivity index (χ1) is 7.60. The van der Waals surface area contributed by atoms with Crippen LogP contribution in [0, 0.1) is 11.3 Å². The molecule has 0 aliphatic rings. The van der Waals surface area contributed by atoms with Crippen molar-refractivity contribution >= 4 is 0 Å². The summed E-state index contributed by atoms with van der Waals surface area (Å²) < 4.78 is 5.31. The summed E-state index contributed by atoms with van der Waals surface area (Å²) in [4.78, 5) is 0. The van der Waals surface area contributed by atoms with Gasteiger partial charge in [0.05, 0.1) is 19.6 Å². The summed E-state index contributed by atoms with van der Waals surface area (Å²) in [6.07, 6.45) is 0.303. The monoisotopic (exact) mass is 218 g/mol. The quantitative estimate of drug-likeness (QED) is 0.845. The van der Waals surface area contributed by atoms with E-state index >= 15 is 0 Å². The SMILES string of the molecule is COc1cc(C(C)C)ccc1C(N)CC#N. The average Bonchev–Trinajstić information content (AvgIpc) is 2.28. The Labute approximate surface area is 96.8 Å². The molecule has 0 fully saturated rings. The van der Waals surface area contributed by atoms with Crippen molar-refractivity contribution in [3.8, 4) is 11.8 Å². The van der Waals surface area contributed by atoms with Crippen molar-refractivity contribution in [2.24, 2.45) is 5.73 Å². The molecule has 0 spiro atoms. The van der Waals surface area contributed by atoms with Crippen molar-refractivity contribution in [1.29, 1.82) is 5.26 Å². The van der Waals surface area contributed by atoms with Crippen LogP contribution in [0.4, 0.5) is 0 Å². The van der Waals surface area contributed by atoms with E-state index in [-0.39, 0.29) is 6.04 Å². The van der Waals surface area contributed by atoms with Crippen molar-refractivity contribution < 1.29 is 4.74 Å². The van der Waals surface area contributed by atoms with Gasteiger partial charge in [0.2, 0.25) is 0 Å². The van der Waals surface area contributed by atoms with Gasteiger partial charge in [-0.25, -0.2) is 0 Å². The number of hydrogen-bond donors (Lipinski definition) is 1. The maximum absolute atomic E-state index is 8.63. The third kappa shape index (κ3) is 2.74. The lowest BCUT2D eigenvalue weighted by Gasteiger charge is -2.15. The molecule has 2 N–H and O–H groups in total. The molecule has 1 rings (SSSR count). The number of nitrogens with two attached hydrogens (primary N) is 1. The smallest absolute Gasteiger partial charge is 0.123 e. The molecule has 0 saturated carbocycles. The minimum absolute atomic E-state index is 0.277. The molecule has 0 saturated heterocycles. The topological polar surface area (TPSA) is 59.0 Å². The fourth-order valence-electron chi connectivity index (χ4n) is 1.60. The number of benzene rings is 1. The molecule has 1 aromatic rings. The van der Waals surface area contributed by atoms with E-state index in [1.165, 1.54) is 5.56 Å². The fraction of sp³-hybridized carbons (Fsp3) is 0.462. The number of rotatable bonds is 4. The molecule has 0 bridgehead atoms. The molecule has 3 nitrogen and oxygen atoms in total. The van der Waals surface area contributed by atoms with Gasteiger partial charge in [-0.3, -0.25) is 0 Å². The van der Waals surface area contributed by atoms with Gasteiger partial charge in [0, 0.05) is 11.6 Å². The molecule has 1 unspecified atom stereocenters. The Hall–Kier alpha value is -1.53. The number of nitriles is 1. The molecule has 0 aliphatic carbocycles. The molecule has 0 amide bonds. The summed E-state index contributed by atoms with van der Waals surface area (Å²) in [5.41, 5.74) is 8.02. The van der Waals surface area contributed by atoms with Crippen LogP contribution >= 0.6 is 0 Å². The molecule has 3 heteroatoms. The second kappa shape index (κ2) is 5.53. The first-order valence-corrected chi connectivity index (χ1v) is 5.40. The predicted octanol–water partition coefficient (Wildman–Crippen LogP) is 2.73. The first kappa shape index (κ1) is 12.5. The van der Waals surface area contributed by atoms with Crippen LogP contribution in [0.1, 0.15) is 43.4 Å². The second-order valence-electron chi connectivity index (χ2n) is 4.12. The minimum Gasteiger partial charge on any atom is -0.496 e. The van der Waals surface area contributed by atoms with Gasteiger partial charge in [-0.15, -0.1) is 0 Å². The summed E-state index contributed by atoms with van der Waals surface area (Å²) in [7, 11) is 1.63. The van der Waals surface area contributed by atoms with Crippen molar-refractivity contribution in [1.82, 2.24) is 0 Å². The van der Waals surface area contributed by atoms with Gasteiger partial charge in [0.15, 0.2) is 0 Å². The van der Waals surface area contributed by atoms with Gasteiger partial charge in [-0.05, 0) is 17.5 Å². The van der Waals surface area contributed by atoms with E-state index in [1.54, 1.807) is 7.11 Å². The Balaban J connectivity index is 3.07. The number of nitrogens with zero attached hydrogens (tertiary/aromatic N) is 1. The zero-order valence-corrected chi connectivity index (χ0v) is 10.0. The molecule has 0 aromatic heterocycles. The van der Waals surface area contributed by atoms with E-state index in [4.69, 9.17) is 15.7 Å². The zero-order valence-electron chi connectivity index (χ0n) is 10.0. The highest BCUT2D eigenvalue weighted by atomic mass is 16.5. The Morgan fingerprint density at radius 1 is 1.44 bits per heavy atom. The highest BCUT2D eigenvalue weighted by Gasteiger charge is 2.13. The zero-order chi connectivity index (χ0) is 12.1. The fourth-order valence-corrected chi connectivity index (χ4v) is 1.60. The highest BCUT2D eigenvalue weighted by molar-refractivity contribution is 5.40. The van der Waals surface area contributed by atoms with Crippen LogP contribution in [0.15, 0.2) is 18.2 Å². The summed E-state index contributed by atoms with van der Waals surface area (Å²) in [5, 5.41) is 8.63. The average molecular weight is 218 g/mol. The van der Waals surface area contributed by atoms with Gasteiger partial charge in [0.1, 0.15) is 5.75 Å². The molecule has 1 aromatic carbocycles. The Bertz CT molecular complexity index is 393. The van der Waals surface area contributed by atoms with Gasteiger partial charge in [-0.2, -0.15) is 5.26 Å². The molecule has 0 heterocycles. The molecule has 0 aliphatic heterocycles. The largest absolute Gasteiger partial charge is 0.496 e. The predicted molar refractivity (Wildman–Crippen MR) is 64.2 cm³/mol. The third-order valence-corrected chi connectivity index (χ3v) is 2.63. The molecule has 86 valence electrons. The Kier molecular flexibility index (Phi) is 4.33. The van der Waals surface area contributed by atoms with Gasteiger partial charge in [-0.1, -0.05) is 26.0 Å². The molecular weight excluding hydrogens is 200 g/mol. The van der Waals surface area contributed by atoms with Crippen LogP contribution in [0.5, 0.6) is 5.75 Å². The lowest BCUT2D eigenvalue weighted by molar-refractivity contribution is 0.405. The molecule has 16 heavy (non-hydrogen) atoms. The van der Waals surface area contributed by atoms with Crippen LogP contribution in [0.25, 0.3) is 0 Å². The summed E-state index contributed by atoms with van der Waals surface area (Å²) in [6.45, 7) is 4.26. The Morgan fingerprint density at radius 2 is 2.12 bits per heavy atom. The van der Waals surface area contributed by atoms with Gasteiger partial charge in [0.25, 0.3) is 0 Å². The summed E-state index contributed by atoms with van der Waals surface area (Å²) in [5.74, 6) is 1.23. The van der Waals surface area contributed by atoms with Gasteiger partial charge >= 0.3 is 0 Å². The number of methoxy groups -OCH3 is 1. The second-order valence-corrected chi connectivity index (χ2v) is 4.12. The van der Waals surface area contributed by atoms with Gasteiger partial charge < -0.3 is 10.5 Å². The van der Waals surface area contributed by atoms with Crippen LogP contribution in [0.3, 0.4) is 0 Å². The normalized spacial score (nSPS) is 12.2. The number of ether oxygens (including phenoxy) is 1. The van der Waals surface area contributed by atoms with Crippen molar-refractivity contribution in [2.75, 3.05) is 7.11 Å². The van der Waals surface area contributed by atoms with E-state index in [2.05, 4.69) is 19.9 Å². The van der Waals surface area contributed by atoms with E-state index in [0.29, 0.717) is 12.3 Å². The van der Waals surface area contributed by atoms with Crippen LogP contribution in [-0.4, -0.2) is 7.11 Å². The van der Waals surface area contributed by atoms with Crippen LogP contribution in [-0.2, 0) is 0 Å². The molecule has 0 radical (unpaired) electrons. The number of hydrogen-bond acceptors (Lipinski definition) is 3. The van der Waals surface area contributed by atoms with E-state index in [0.717, 1.165) is 11.3 Å². The highest BCUT2D eigenvalue weighted by Crippen LogP contribution is 2.29. The first-order valence-electron chi connectivity index (χ1n) is 5.40. The Morgan fingerprint density at radius 3 is 2.62 bits per heavy atom. The van der Waals surface area contributed by atoms with Crippen molar-refractivity contribution in [3.05, 3.63) is 29.3 Å². The lowest BCUT2D eigenvalue weighted by atomic mass is 9.97. The maximum Gasteiger partial charge on any atom is 0.123 e. The molecular formula is C13H18N2O.